The number of nitrogens with zero attached hydrogens (tertiary/aromatic N) is 1. The number of carbonyl (C=O) groups excluding carboxylic acids is 2. The molecule has 0 bridgehead atoms. The SMILES string of the molecule is CCC1(CC)CC(N2CC(=O)NC(=O)C2)CCO1. The van der Waals surface area contributed by atoms with Gasteiger partial charge >= 0.3 is 0 Å². The summed E-state index contributed by atoms with van der Waals surface area (Å²) in [6.45, 7) is 5.67. The fourth-order valence-corrected chi connectivity index (χ4v) is 2.97. The molecule has 2 fully saturated rings. The summed E-state index contributed by atoms with van der Waals surface area (Å²) in [7, 11) is 0. The summed E-state index contributed by atoms with van der Waals surface area (Å²) in [5.74, 6) is -0.368. The highest BCUT2D eigenvalue weighted by atomic mass is 16.5. The molecule has 1 atom stereocenters. The summed E-state index contributed by atoms with van der Waals surface area (Å²) in [6, 6.07) is 0.286. The van der Waals surface area contributed by atoms with Gasteiger partial charge in [-0.25, -0.2) is 0 Å². The summed E-state index contributed by atoms with van der Waals surface area (Å²) in [4.78, 5) is 24.8. The van der Waals surface area contributed by atoms with Crippen LogP contribution in [0.15, 0.2) is 0 Å². The average Bonchev–Trinajstić information content (AvgIpc) is 2.37. The van der Waals surface area contributed by atoms with E-state index < -0.39 is 0 Å². The van der Waals surface area contributed by atoms with E-state index in [0.29, 0.717) is 13.1 Å². The van der Waals surface area contributed by atoms with E-state index >= 15 is 0 Å². The van der Waals surface area contributed by atoms with Crippen molar-refractivity contribution < 1.29 is 14.3 Å². The first-order valence-electron chi connectivity index (χ1n) is 6.79. The van der Waals surface area contributed by atoms with E-state index in [1.807, 2.05) is 4.90 Å². The Morgan fingerprint density at radius 3 is 2.44 bits per heavy atom. The maximum absolute atomic E-state index is 11.4. The third kappa shape index (κ3) is 2.72. The van der Waals surface area contributed by atoms with Gasteiger partial charge in [0.2, 0.25) is 11.8 Å². The molecule has 102 valence electrons. The van der Waals surface area contributed by atoms with Gasteiger partial charge in [-0.1, -0.05) is 13.8 Å². The molecule has 0 aromatic carbocycles. The monoisotopic (exact) mass is 254 g/mol. The van der Waals surface area contributed by atoms with Gasteiger partial charge in [0.05, 0.1) is 18.7 Å². The van der Waals surface area contributed by atoms with Gasteiger partial charge in [-0.15, -0.1) is 0 Å². The molecule has 1 unspecified atom stereocenters. The number of hydrogen-bond acceptors (Lipinski definition) is 4. The Balaban J connectivity index is 2.04. The van der Waals surface area contributed by atoms with Crippen molar-refractivity contribution in [2.45, 2.75) is 51.2 Å². The van der Waals surface area contributed by atoms with Gasteiger partial charge < -0.3 is 4.74 Å². The zero-order chi connectivity index (χ0) is 13.2. The van der Waals surface area contributed by atoms with Crippen molar-refractivity contribution in [3.05, 3.63) is 0 Å². The van der Waals surface area contributed by atoms with Crippen LogP contribution < -0.4 is 5.32 Å². The van der Waals surface area contributed by atoms with Crippen LogP contribution in [0.5, 0.6) is 0 Å². The van der Waals surface area contributed by atoms with Gasteiger partial charge in [-0.2, -0.15) is 0 Å². The van der Waals surface area contributed by atoms with Crippen LogP contribution in [-0.4, -0.2) is 48.1 Å². The normalized spacial score (nSPS) is 29.1. The third-order valence-corrected chi connectivity index (χ3v) is 4.24. The van der Waals surface area contributed by atoms with Crippen LogP contribution in [-0.2, 0) is 14.3 Å². The quantitative estimate of drug-likeness (QED) is 0.753. The minimum absolute atomic E-state index is 0.0696. The highest BCUT2D eigenvalue weighted by Gasteiger charge is 2.38. The van der Waals surface area contributed by atoms with Gasteiger partial charge in [0.25, 0.3) is 0 Å². The molecule has 0 radical (unpaired) electrons. The predicted molar refractivity (Wildman–Crippen MR) is 67.0 cm³/mol. The Bertz CT molecular complexity index is 323. The molecule has 5 heteroatoms. The first kappa shape index (κ1) is 13.5. The average molecular weight is 254 g/mol. The van der Waals surface area contributed by atoms with Crippen molar-refractivity contribution in [2.24, 2.45) is 0 Å². The molecular weight excluding hydrogens is 232 g/mol. The maximum Gasteiger partial charge on any atom is 0.240 e. The van der Waals surface area contributed by atoms with Gasteiger partial charge in [-0.3, -0.25) is 19.8 Å². The van der Waals surface area contributed by atoms with Gasteiger partial charge in [0.1, 0.15) is 0 Å². The molecule has 0 spiro atoms. The lowest BCUT2D eigenvalue weighted by Crippen LogP contribution is -2.57. The second kappa shape index (κ2) is 5.36. The molecular formula is C13H22N2O3. The summed E-state index contributed by atoms with van der Waals surface area (Å²) in [6.07, 6.45) is 3.78. The molecule has 0 saturated carbocycles. The van der Waals surface area contributed by atoms with Crippen LogP contribution >= 0.6 is 0 Å². The molecule has 2 saturated heterocycles. The number of rotatable bonds is 3. The second-order valence-electron chi connectivity index (χ2n) is 5.26. The Kier molecular flexibility index (Phi) is 4.02. The van der Waals surface area contributed by atoms with Gasteiger partial charge in [0.15, 0.2) is 0 Å². The second-order valence-corrected chi connectivity index (χ2v) is 5.26. The lowest BCUT2D eigenvalue weighted by molar-refractivity contribution is -0.143. The molecule has 2 aliphatic heterocycles. The molecule has 0 aromatic rings. The zero-order valence-electron chi connectivity index (χ0n) is 11.2. The van der Waals surface area contributed by atoms with E-state index in [1.165, 1.54) is 0 Å². The molecule has 2 amide bonds. The summed E-state index contributed by atoms with van der Waals surface area (Å²) < 4.78 is 5.93. The van der Waals surface area contributed by atoms with Gasteiger partial charge in [0, 0.05) is 12.6 Å². The fraction of sp³-hybridized carbons (Fsp3) is 0.846. The molecule has 5 nitrogen and oxygen atoms in total. The molecule has 2 rings (SSSR count). The number of imide groups is 1. The molecule has 0 aliphatic carbocycles. The summed E-state index contributed by atoms with van der Waals surface area (Å²) in [5, 5.41) is 2.35. The van der Waals surface area contributed by atoms with E-state index in [4.69, 9.17) is 4.74 Å². The van der Waals surface area contributed by atoms with Crippen molar-refractivity contribution in [1.29, 1.82) is 0 Å². The van der Waals surface area contributed by atoms with Crippen LogP contribution in [0.2, 0.25) is 0 Å². The number of piperazine rings is 1. The predicted octanol–water partition coefficient (Wildman–Crippen LogP) is 0.683. The highest BCUT2D eigenvalue weighted by molar-refractivity contribution is 5.99. The van der Waals surface area contributed by atoms with E-state index in [1.54, 1.807) is 0 Å². The minimum atomic E-state index is -0.184. The van der Waals surface area contributed by atoms with Crippen molar-refractivity contribution in [3.8, 4) is 0 Å². The van der Waals surface area contributed by atoms with E-state index in [9.17, 15) is 9.59 Å². The Hall–Kier alpha value is -0.940. The maximum atomic E-state index is 11.4. The smallest absolute Gasteiger partial charge is 0.240 e. The summed E-state index contributed by atoms with van der Waals surface area (Å²) >= 11 is 0. The van der Waals surface area contributed by atoms with Crippen LogP contribution in [0, 0.1) is 0 Å². The number of amides is 2. The topological polar surface area (TPSA) is 58.6 Å². The van der Waals surface area contributed by atoms with E-state index in [0.717, 1.165) is 32.3 Å². The van der Waals surface area contributed by atoms with E-state index in [2.05, 4.69) is 19.2 Å². The number of ether oxygens (including phenoxy) is 1. The zero-order valence-corrected chi connectivity index (χ0v) is 11.2. The molecule has 2 heterocycles. The van der Waals surface area contributed by atoms with Crippen LogP contribution in [0.3, 0.4) is 0 Å². The van der Waals surface area contributed by atoms with Crippen molar-refractivity contribution in [1.82, 2.24) is 10.2 Å². The third-order valence-electron chi connectivity index (χ3n) is 4.24. The first-order chi connectivity index (χ1) is 8.58. The molecule has 0 aromatic heterocycles. The molecule has 2 aliphatic rings. The van der Waals surface area contributed by atoms with Crippen molar-refractivity contribution in [3.63, 3.8) is 0 Å². The van der Waals surface area contributed by atoms with E-state index in [-0.39, 0.29) is 23.5 Å². The molecule has 1 N–H and O–H groups in total. The highest BCUT2D eigenvalue weighted by Crippen LogP contribution is 2.33. The van der Waals surface area contributed by atoms with Crippen LogP contribution in [0.25, 0.3) is 0 Å². The van der Waals surface area contributed by atoms with Crippen LogP contribution in [0.1, 0.15) is 39.5 Å². The van der Waals surface area contributed by atoms with Crippen LogP contribution in [0.4, 0.5) is 0 Å². The van der Waals surface area contributed by atoms with Crippen molar-refractivity contribution in [2.75, 3.05) is 19.7 Å². The summed E-state index contributed by atoms with van der Waals surface area (Å²) in [5.41, 5.74) is -0.0696. The number of carbonyl (C=O) groups is 2. The first-order valence-corrected chi connectivity index (χ1v) is 6.79. The number of nitrogens with one attached hydrogen (secondary N) is 1. The fourth-order valence-electron chi connectivity index (χ4n) is 2.97. The molecule has 18 heavy (non-hydrogen) atoms. The standard InChI is InChI=1S/C13H22N2O3/c1-3-13(4-2)7-10(5-6-18-13)15-8-11(16)14-12(17)9-15/h10H,3-9H2,1-2H3,(H,14,16,17). The Labute approximate surface area is 108 Å². The van der Waals surface area contributed by atoms with Gasteiger partial charge in [-0.05, 0) is 25.7 Å². The lowest BCUT2D eigenvalue weighted by Gasteiger charge is -2.44. The Morgan fingerprint density at radius 2 is 1.89 bits per heavy atom. The number of hydrogen-bond donors (Lipinski definition) is 1. The Morgan fingerprint density at radius 1 is 1.28 bits per heavy atom. The largest absolute Gasteiger partial charge is 0.375 e. The lowest BCUT2D eigenvalue weighted by atomic mass is 9.85. The van der Waals surface area contributed by atoms with Crippen molar-refractivity contribution >= 4 is 11.8 Å². The minimum Gasteiger partial charge on any atom is -0.375 e.